The van der Waals surface area contributed by atoms with Gasteiger partial charge in [0.1, 0.15) is 0 Å². The van der Waals surface area contributed by atoms with E-state index < -0.39 is 0 Å². The molecular weight excluding hydrogens is 264 g/mol. The number of amides is 2. The molecule has 0 fully saturated rings. The third kappa shape index (κ3) is 4.45. The summed E-state index contributed by atoms with van der Waals surface area (Å²) in [4.78, 5) is 22.8. The standard InChI is InChI=1S/C17H18N2O2/c1-13(20)18-10-11-19-17(21)16-9-5-8-15(12-16)14-6-3-2-4-7-14/h2-9,12H,10-11H2,1H3,(H,18,20)(H,19,21). The maximum absolute atomic E-state index is 12.0. The van der Waals surface area contributed by atoms with Crippen LogP contribution in [0.3, 0.4) is 0 Å². The number of carbonyl (C=O) groups excluding carboxylic acids is 2. The molecule has 2 rings (SSSR count). The quantitative estimate of drug-likeness (QED) is 0.826. The summed E-state index contributed by atoms with van der Waals surface area (Å²) in [6.07, 6.45) is 0. The molecule has 2 aromatic carbocycles. The van der Waals surface area contributed by atoms with Crippen molar-refractivity contribution in [2.24, 2.45) is 0 Å². The van der Waals surface area contributed by atoms with Crippen molar-refractivity contribution in [3.05, 3.63) is 60.2 Å². The van der Waals surface area contributed by atoms with Gasteiger partial charge in [0.05, 0.1) is 0 Å². The second kappa shape index (κ2) is 7.24. The molecule has 0 aromatic heterocycles. The van der Waals surface area contributed by atoms with Gasteiger partial charge in [-0.3, -0.25) is 9.59 Å². The Bertz CT molecular complexity index is 624. The largest absolute Gasteiger partial charge is 0.355 e. The Morgan fingerprint density at radius 2 is 1.52 bits per heavy atom. The minimum Gasteiger partial charge on any atom is -0.355 e. The van der Waals surface area contributed by atoms with E-state index >= 15 is 0 Å². The maximum atomic E-state index is 12.0. The Morgan fingerprint density at radius 1 is 0.857 bits per heavy atom. The zero-order chi connectivity index (χ0) is 15.1. The second-order valence-corrected chi connectivity index (χ2v) is 4.69. The molecule has 2 N–H and O–H groups in total. The van der Waals surface area contributed by atoms with Crippen molar-refractivity contribution in [3.63, 3.8) is 0 Å². The Labute approximate surface area is 124 Å². The maximum Gasteiger partial charge on any atom is 0.251 e. The van der Waals surface area contributed by atoms with Gasteiger partial charge >= 0.3 is 0 Å². The predicted molar refractivity (Wildman–Crippen MR) is 82.9 cm³/mol. The second-order valence-electron chi connectivity index (χ2n) is 4.69. The third-order valence-electron chi connectivity index (χ3n) is 3.02. The van der Waals surface area contributed by atoms with Gasteiger partial charge in [0, 0.05) is 25.6 Å². The van der Waals surface area contributed by atoms with Crippen LogP contribution in [-0.2, 0) is 4.79 Å². The van der Waals surface area contributed by atoms with Crippen LogP contribution >= 0.6 is 0 Å². The Morgan fingerprint density at radius 3 is 2.24 bits per heavy atom. The molecule has 0 bridgehead atoms. The highest BCUT2D eigenvalue weighted by Gasteiger charge is 2.06. The summed E-state index contributed by atoms with van der Waals surface area (Å²) in [5.41, 5.74) is 2.69. The van der Waals surface area contributed by atoms with E-state index in [1.807, 2.05) is 48.5 Å². The van der Waals surface area contributed by atoms with Gasteiger partial charge in [-0.2, -0.15) is 0 Å². The molecular formula is C17H18N2O2. The molecule has 4 nitrogen and oxygen atoms in total. The summed E-state index contributed by atoms with van der Waals surface area (Å²) in [7, 11) is 0. The molecule has 4 heteroatoms. The molecule has 0 saturated carbocycles. The molecule has 2 aromatic rings. The molecule has 0 unspecified atom stereocenters. The average molecular weight is 282 g/mol. The SMILES string of the molecule is CC(=O)NCCNC(=O)c1cccc(-c2ccccc2)c1. The number of rotatable bonds is 5. The van der Waals surface area contributed by atoms with E-state index in [2.05, 4.69) is 10.6 Å². The lowest BCUT2D eigenvalue weighted by atomic mass is 10.0. The molecule has 21 heavy (non-hydrogen) atoms. The Hall–Kier alpha value is -2.62. The first-order chi connectivity index (χ1) is 10.2. The highest BCUT2D eigenvalue weighted by atomic mass is 16.2. The Kier molecular flexibility index (Phi) is 5.10. The average Bonchev–Trinajstić information content (AvgIpc) is 2.52. The lowest BCUT2D eigenvalue weighted by Crippen LogP contribution is -2.33. The van der Waals surface area contributed by atoms with Crippen LogP contribution in [0.4, 0.5) is 0 Å². The molecule has 0 aliphatic heterocycles. The molecule has 0 saturated heterocycles. The van der Waals surface area contributed by atoms with Gasteiger partial charge in [0.25, 0.3) is 5.91 Å². The fourth-order valence-corrected chi connectivity index (χ4v) is 1.99. The monoisotopic (exact) mass is 282 g/mol. The van der Waals surface area contributed by atoms with Crippen LogP contribution in [-0.4, -0.2) is 24.9 Å². The van der Waals surface area contributed by atoms with Gasteiger partial charge in [-0.15, -0.1) is 0 Å². The van der Waals surface area contributed by atoms with E-state index in [0.29, 0.717) is 18.7 Å². The number of nitrogens with one attached hydrogen (secondary N) is 2. The van der Waals surface area contributed by atoms with Gasteiger partial charge in [-0.25, -0.2) is 0 Å². The summed E-state index contributed by atoms with van der Waals surface area (Å²) in [5, 5.41) is 5.42. The summed E-state index contributed by atoms with van der Waals surface area (Å²) < 4.78 is 0. The molecule has 2 amide bonds. The predicted octanol–water partition coefficient (Wildman–Crippen LogP) is 2.22. The zero-order valence-electron chi connectivity index (χ0n) is 11.9. The molecule has 0 aliphatic rings. The zero-order valence-corrected chi connectivity index (χ0v) is 11.9. The van der Waals surface area contributed by atoms with Gasteiger partial charge < -0.3 is 10.6 Å². The van der Waals surface area contributed by atoms with Crippen LogP contribution in [0.1, 0.15) is 17.3 Å². The number of benzene rings is 2. The minimum atomic E-state index is -0.141. The van der Waals surface area contributed by atoms with Gasteiger partial charge in [0.2, 0.25) is 5.91 Å². The molecule has 0 atom stereocenters. The molecule has 108 valence electrons. The fourth-order valence-electron chi connectivity index (χ4n) is 1.99. The van der Waals surface area contributed by atoms with E-state index in [1.54, 1.807) is 6.07 Å². The summed E-state index contributed by atoms with van der Waals surface area (Å²) in [6, 6.07) is 17.4. The van der Waals surface area contributed by atoms with E-state index in [9.17, 15) is 9.59 Å². The Balaban J connectivity index is 2.00. The fraction of sp³-hybridized carbons (Fsp3) is 0.176. The van der Waals surface area contributed by atoms with Crippen molar-refractivity contribution in [2.75, 3.05) is 13.1 Å². The summed E-state index contributed by atoms with van der Waals surface area (Å²) in [6.45, 7) is 2.29. The van der Waals surface area contributed by atoms with Gasteiger partial charge in [-0.1, -0.05) is 42.5 Å². The lowest BCUT2D eigenvalue weighted by Gasteiger charge is -2.07. The summed E-state index contributed by atoms with van der Waals surface area (Å²) >= 11 is 0. The third-order valence-corrected chi connectivity index (χ3v) is 3.02. The lowest BCUT2D eigenvalue weighted by molar-refractivity contribution is -0.118. The first kappa shape index (κ1) is 14.8. The first-order valence-electron chi connectivity index (χ1n) is 6.85. The van der Waals surface area contributed by atoms with E-state index in [4.69, 9.17) is 0 Å². The van der Waals surface area contributed by atoms with Crippen LogP contribution < -0.4 is 10.6 Å². The number of hydrogen-bond acceptors (Lipinski definition) is 2. The van der Waals surface area contributed by atoms with Crippen LogP contribution in [0.2, 0.25) is 0 Å². The van der Waals surface area contributed by atoms with Crippen molar-refractivity contribution < 1.29 is 9.59 Å². The van der Waals surface area contributed by atoms with E-state index in [0.717, 1.165) is 11.1 Å². The van der Waals surface area contributed by atoms with Crippen LogP contribution in [0.5, 0.6) is 0 Å². The minimum absolute atomic E-state index is 0.102. The van der Waals surface area contributed by atoms with Crippen molar-refractivity contribution in [3.8, 4) is 11.1 Å². The highest BCUT2D eigenvalue weighted by molar-refractivity contribution is 5.95. The molecule has 0 spiro atoms. The smallest absolute Gasteiger partial charge is 0.251 e. The number of hydrogen-bond donors (Lipinski definition) is 2. The van der Waals surface area contributed by atoms with Crippen molar-refractivity contribution in [1.82, 2.24) is 10.6 Å². The van der Waals surface area contributed by atoms with Gasteiger partial charge in [-0.05, 0) is 23.3 Å². The van der Waals surface area contributed by atoms with Crippen molar-refractivity contribution >= 4 is 11.8 Å². The molecule has 0 aliphatic carbocycles. The topological polar surface area (TPSA) is 58.2 Å². The summed E-state index contributed by atoms with van der Waals surface area (Å²) in [5.74, 6) is -0.242. The molecule has 0 radical (unpaired) electrons. The van der Waals surface area contributed by atoms with Gasteiger partial charge in [0.15, 0.2) is 0 Å². The highest BCUT2D eigenvalue weighted by Crippen LogP contribution is 2.19. The molecule has 0 heterocycles. The van der Waals surface area contributed by atoms with Crippen LogP contribution in [0, 0.1) is 0 Å². The van der Waals surface area contributed by atoms with Crippen LogP contribution in [0.25, 0.3) is 11.1 Å². The van der Waals surface area contributed by atoms with Crippen molar-refractivity contribution in [1.29, 1.82) is 0 Å². The number of carbonyl (C=O) groups is 2. The van der Waals surface area contributed by atoms with Crippen LogP contribution in [0.15, 0.2) is 54.6 Å². The van der Waals surface area contributed by atoms with Crippen molar-refractivity contribution in [2.45, 2.75) is 6.92 Å². The first-order valence-corrected chi connectivity index (χ1v) is 6.85. The van der Waals surface area contributed by atoms with E-state index in [1.165, 1.54) is 6.92 Å². The normalized spacial score (nSPS) is 9.95. The van der Waals surface area contributed by atoms with E-state index in [-0.39, 0.29) is 11.8 Å².